The van der Waals surface area contributed by atoms with Crippen molar-refractivity contribution < 1.29 is 23.1 Å². The molecule has 30 heavy (non-hydrogen) atoms. The van der Waals surface area contributed by atoms with Crippen LogP contribution in [0.2, 0.25) is 0 Å². The van der Waals surface area contributed by atoms with Crippen molar-refractivity contribution >= 4 is 11.8 Å². The third kappa shape index (κ3) is 6.77. The van der Waals surface area contributed by atoms with Crippen molar-refractivity contribution in [2.45, 2.75) is 25.9 Å². The Bertz CT molecular complexity index is 973. The molecule has 3 rings (SSSR count). The van der Waals surface area contributed by atoms with Gasteiger partial charge in [0.2, 0.25) is 5.91 Å². The normalized spacial score (nSPS) is 10.4. The van der Waals surface area contributed by atoms with Crippen molar-refractivity contribution in [3.05, 3.63) is 89.6 Å². The second kappa shape index (κ2) is 10.8. The fourth-order valence-corrected chi connectivity index (χ4v) is 2.77. The van der Waals surface area contributed by atoms with E-state index in [4.69, 9.17) is 9.15 Å². The van der Waals surface area contributed by atoms with Gasteiger partial charge in [0.25, 0.3) is 5.91 Å². The summed E-state index contributed by atoms with van der Waals surface area (Å²) in [7, 11) is 0. The van der Waals surface area contributed by atoms with Crippen LogP contribution in [-0.4, -0.2) is 18.4 Å². The summed E-state index contributed by atoms with van der Waals surface area (Å²) in [4.78, 5) is 24.3. The highest BCUT2D eigenvalue weighted by atomic mass is 19.1. The van der Waals surface area contributed by atoms with Crippen LogP contribution in [0.25, 0.3) is 0 Å². The quantitative estimate of drug-likeness (QED) is 0.498. The van der Waals surface area contributed by atoms with Gasteiger partial charge in [-0.2, -0.15) is 0 Å². The molecule has 2 aromatic carbocycles. The molecule has 1 aromatic heterocycles. The SMILES string of the molecule is O=C(CCCOc1cccc(F)c1)NCc1cccc(C(=O)NCc2ccco2)c1. The minimum atomic E-state index is -0.359. The Morgan fingerprint density at radius 2 is 1.83 bits per heavy atom. The fourth-order valence-electron chi connectivity index (χ4n) is 2.77. The van der Waals surface area contributed by atoms with E-state index < -0.39 is 0 Å². The average molecular weight is 410 g/mol. The molecule has 0 aliphatic rings. The maximum Gasteiger partial charge on any atom is 0.251 e. The molecule has 2 amide bonds. The Morgan fingerprint density at radius 3 is 2.63 bits per heavy atom. The molecule has 156 valence electrons. The van der Waals surface area contributed by atoms with Crippen LogP contribution in [0.1, 0.15) is 34.5 Å². The van der Waals surface area contributed by atoms with Gasteiger partial charge in [-0.1, -0.05) is 18.2 Å². The molecular formula is C23H23FN2O4. The first-order valence-corrected chi connectivity index (χ1v) is 9.65. The lowest BCUT2D eigenvalue weighted by Crippen LogP contribution is -2.24. The van der Waals surface area contributed by atoms with Gasteiger partial charge in [-0.15, -0.1) is 0 Å². The smallest absolute Gasteiger partial charge is 0.251 e. The lowest BCUT2D eigenvalue weighted by Gasteiger charge is -2.09. The number of hydrogen-bond acceptors (Lipinski definition) is 4. The molecule has 6 nitrogen and oxygen atoms in total. The third-order valence-corrected chi connectivity index (χ3v) is 4.30. The Hall–Kier alpha value is -3.61. The molecule has 0 aliphatic carbocycles. The summed E-state index contributed by atoms with van der Waals surface area (Å²) >= 11 is 0. The summed E-state index contributed by atoms with van der Waals surface area (Å²) in [6.07, 6.45) is 2.36. The van der Waals surface area contributed by atoms with Gasteiger partial charge in [0.1, 0.15) is 17.3 Å². The zero-order chi connectivity index (χ0) is 21.2. The Morgan fingerprint density at radius 1 is 0.967 bits per heavy atom. The van der Waals surface area contributed by atoms with Crippen LogP contribution in [0.3, 0.4) is 0 Å². The molecule has 0 saturated heterocycles. The Balaban J connectivity index is 1.38. The van der Waals surface area contributed by atoms with Crippen LogP contribution in [0.4, 0.5) is 4.39 Å². The van der Waals surface area contributed by atoms with Crippen molar-refractivity contribution in [1.29, 1.82) is 0 Å². The van der Waals surface area contributed by atoms with Crippen LogP contribution in [0.5, 0.6) is 5.75 Å². The number of nitrogens with one attached hydrogen (secondary N) is 2. The number of ether oxygens (including phenoxy) is 1. The average Bonchev–Trinajstić information content (AvgIpc) is 3.27. The predicted molar refractivity (Wildman–Crippen MR) is 109 cm³/mol. The first-order chi connectivity index (χ1) is 14.6. The number of rotatable bonds is 10. The van der Waals surface area contributed by atoms with Gasteiger partial charge in [0.05, 0.1) is 19.4 Å². The minimum Gasteiger partial charge on any atom is -0.493 e. The highest BCUT2D eigenvalue weighted by Gasteiger charge is 2.08. The summed E-state index contributed by atoms with van der Waals surface area (Å²) in [6.45, 7) is 0.954. The van der Waals surface area contributed by atoms with Crippen LogP contribution in [0.15, 0.2) is 71.3 Å². The molecule has 0 fully saturated rings. The fraction of sp³-hybridized carbons (Fsp3) is 0.217. The standard InChI is InChI=1S/C23H23FN2O4/c24-19-7-2-8-20(14-19)29-12-4-10-22(27)25-15-17-5-1-6-18(13-17)23(28)26-16-21-9-3-11-30-21/h1-3,5-9,11,13-14H,4,10,12,15-16H2,(H,25,27)(H,26,28). The molecule has 1 heterocycles. The van der Waals surface area contributed by atoms with Crippen LogP contribution in [0, 0.1) is 5.82 Å². The van der Waals surface area contributed by atoms with Crippen LogP contribution < -0.4 is 15.4 Å². The highest BCUT2D eigenvalue weighted by Crippen LogP contribution is 2.12. The zero-order valence-corrected chi connectivity index (χ0v) is 16.4. The van der Waals surface area contributed by atoms with E-state index in [1.807, 2.05) is 6.07 Å². The van der Waals surface area contributed by atoms with Gasteiger partial charge in [-0.25, -0.2) is 4.39 Å². The van der Waals surface area contributed by atoms with E-state index in [9.17, 15) is 14.0 Å². The van der Waals surface area contributed by atoms with Gasteiger partial charge in [0, 0.05) is 24.6 Å². The van der Waals surface area contributed by atoms with E-state index in [1.54, 1.807) is 48.7 Å². The maximum atomic E-state index is 13.1. The molecule has 0 spiro atoms. The van der Waals surface area contributed by atoms with Gasteiger partial charge in [-0.05, 0) is 48.4 Å². The van der Waals surface area contributed by atoms with Crippen LogP contribution >= 0.6 is 0 Å². The summed E-state index contributed by atoms with van der Waals surface area (Å²) in [5, 5.41) is 5.61. The Labute approximate surface area is 174 Å². The second-order valence-electron chi connectivity index (χ2n) is 6.65. The topological polar surface area (TPSA) is 80.6 Å². The molecule has 0 aliphatic heterocycles. The van der Waals surface area contributed by atoms with Crippen molar-refractivity contribution in [2.75, 3.05) is 6.61 Å². The Kier molecular flexibility index (Phi) is 7.60. The first-order valence-electron chi connectivity index (χ1n) is 9.65. The van der Waals surface area contributed by atoms with E-state index >= 15 is 0 Å². The number of benzene rings is 2. The van der Waals surface area contributed by atoms with Crippen molar-refractivity contribution in [3.63, 3.8) is 0 Å². The van der Waals surface area contributed by atoms with E-state index in [2.05, 4.69) is 10.6 Å². The number of halogens is 1. The van der Waals surface area contributed by atoms with E-state index in [-0.39, 0.29) is 17.6 Å². The summed E-state index contributed by atoms with van der Waals surface area (Å²) in [5.41, 5.74) is 1.34. The van der Waals surface area contributed by atoms with Crippen molar-refractivity contribution in [3.8, 4) is 5.75 Å². The number of hydrogen-bond donors (Lipinski definition) is 2. The lowest BCUT2D eigenvalue weighted by atomic mass is 10.1. The largest absolute Gasteiger partial charge is 0.493 e. The van der Waals surface area contributed by atoms with Crippen molar-refractivity contribution in [1.82, 2.24) is 10.6 Å². The van der Waals surface area contributed by atoms with Gasteiger partial charge in [0.15, 0.2) is 0 Å². The molecular weight excluding hydrogens is 387 g/mol. The summed E-state index contributed by atoms with van der Waals surface area (Å²) < 4.78 is 23.7. The van der Waals surface area contributed by atoms with Crippen LogP contribution in [-0.2, 0) is 17.9 Å². The molecule has 0 unspecified atom stereocenters. The molecule has 2 N–H and O–H groups in total. The second-order valence-corrected chi connectivity index (χ2v) is 6.65. The predicted octanol–water partition coefficient (Wildman–Crippen LogP) is 3.82. The summed E-state index contributed by atoms with van der Waals surface area (Å²) in [5.74, 6) is 0.424. The monoisotopic (exact) mass is 410 g/mol. The first kappa shape index (κ1) is 21.1. The van der Waals surface area contributed by atoms with Crippen molar-refractivity contribution in [2.24, 2.45) is 0 Å². The minimum absolute atomic E-state index is 0.120. The van der Waals surface area contributed by atoms with E-state index in [1.165, 1.54) is 12.1 Å². The van der Waals surface area contributed by atoms with E-state index in [0.29, 0.717) is 49.6 Å². The lowest BCUT2D eigenvalue weighted by molar-refractivity contribution is -0.121. The molecule has 0 saturated carbocycles. The molecule has 0 radical (unpaired) electrons. The van der Waals surface area contributed by atoms with Gasteiger partial charge >= 0.3 is 0 Å². The molecule has 3 aromatic rings. The van der Waals surface area contributed by atoms with Gasteiger partial charge < -0.3 is 19.8 Å². The number of amides is 2. The number of carbonyl (C=O) groups is 2. The molecule has 7 heteroatoms. The third-order valence-electron chi connectivity index (χ3n) is 4.30. The molecule has 0 bridgehead atoms. The summed E-state index contributed by atoms with van der Waals surface area (Å²) in [6, 6.07) is 16.5. The maximum absolute atomic E-state index is 13.1. The van der Waals surface area contributed by atoms with Gasteiger partial charge in [-0.3, -0.25) is 9.59 Å². The highest BCUT2D eigenvalue weighted by molar-refractivity contribution is 5.94. The molecule has 0 atom stereocenters. The number of furan rings is 1. The zero-order valence-electron chi connectivity index (χ0n) is 16.4. The number of carbonyl (C=O) groups excluding carboxylic acids is 2. The van der Waals surface area contributed by atoms with E-state index in [0.717, 1.165) is 5.56 Å².